The van der Waals surface area contributed by atoms with Gasteiger partial charge in [0.15, 0.2) is 0 Å². The second-order valence-electron chi connectivity index (χ2n) is 3.85. The number of carbonyl (C=O) groups is 1. The van der Waals surface area contributed by atoms with E-state index in [0.717, 1.165) is 0 Å². The Morgan fingerprint density at radius 2 is 1.94 bits per heavy atom. The summed E-state index contributed by atoms with van der Waals surface area (Å²) in [7, 11) is 1.39. The predicted octanol–water partition coefficient (Wildman–Crippen LogP) is 3.69. The third-order valence-corrected chi connectivity index (χ3v) is 3.86. The molecule has 1 aromatic heterocycles. The van der Waals surface area contributed by atoms with Gasteiger partial charge in [-0.25, -0.2) is 4.79 Å². The molecule has 0 radical (unpaired) electrons. The van der Waals surface area contributed by atoms with Crippen molar-refractivity contribution >= 4 is 17.3 Å². The molecule has 0 N–H and O–H groups in total. The van der Waals surface area contributed by atoms with Crippen molar-refractivity contribution < 1.29 is 9.53 Å². The minimum atomic E-state index is -0.291. The Hall–Kier alpha value is -1.61. The smallest absolute Gasteiger partial charge is 0.337 e. The highest BCUT2D eigenvalue weighted by Crippen LogP contribution is 2.27. The Morgan fingerprint density at radius 3 is 2.47 bits per heavy atom. The molecule has 0 fully saturated rings. The van der Waals surface area contributed by atoms with Crippen LogP contribution in [0.2, 0.25) is 0 Å². The van der Waals surface area contributed by atoms with Gasteiger partial charge in [-0.15, -0.1) is 11.3 Å². The van der Waals surface area contributed by atoms with Crippen molar-refractivity contribution in [2.45, 2.75) is 12.8 Å². The lowest BCUT2D eigenvalue weighted by Gasteiger charge is -2.10. The molecule has 1 atom stereocenters. The molecule has 1 aromatic carbocycles. The summed E-state index contributed by atoms with van der Waals surface area (Å²) < 4.78 is 4.67. The molecule has 2 nitrogen and oxygen atoms in total. The van der Waals surface area contributed by atoms with E-state index in [1.54, 1.807) is 11.3 Å². The first-order valence-corrected chi connectivity index (χ1v) is 6.32. The number of carbonyl (C=O) groups excluding carboxylic acids is 1. The average Bonchev–Trinajstić information content (AvgIpc) is 2.91. The number of thiophene rings is 1. The summed E-state index contributed by atoms with van der Waals surface area (Å²) in [6, 6.07) is 11.8. The zero-order valence-electron chi connectivity index (χ0n) is 9.84. The van der Waals surface area contributed by atoms with Gasteiger partial charge in [-0.2, -0.15) is 0 Å². The molecule has 0 saturated carbocycles. The van der Waals surface area contributed by atoms with Crippen LogP contribution >= 0.6 is 11.3 Å². The number of esters is 1. The van der Waals surface area contributed by atoms with E-state index < -0.39 is 0 Å². The summed E-state index contributed by atoms with van der Waals surface area (Å²) in [5.74, 6) is 0.0713. The lowest BCUT2D eigenvalue weighted by atomic mass is 9.98. The highest BCUT2D eigenvalue weighted by Gasteiger charge is 2.10. The molecule has 2 rings (SSSR count). The third kappa shape index (κ3) is 2.56. The first-order valence-electron chi connectivity index (χ1n) is 5.44. The summed E-state index contributed by atoms with van der Waals surface area (Å²) >= 11 is 1.75. The quantitative estimate of drug-likeness (QED) is 0.772. The van der Waals surface area contributed by atoms with Crippen molar-refractivity contribution in [2.75, 3.05) is 7.11 Å². The minimum Gasteiger partial charge on any atom is -0.465 e. The molecule has 2 aromatic rings. The number of benzene rings is 1. The molecule has 1 heterocycles. The van der Waals surface area contributed by atoms with Gasteiger partial charge in [0.05, 0.1) is 12.7 Å². The first-order chi connectivity index (χ1) is 8.22. The SMILES string of the molecule is COC(=O)c1ccc(C(C)c2cccs2)cc1. The van der Waals surface area contributed by atoms with Gasteiger partial charge in [0.2, 0.25) is 0 Å². The van der Waals surface area contributed by atoms with Crippen molar-refractivity contribution in [1.82, 2.24) is 0 Å². The molecule has 1 unspecified atom stereocenters. The molecule has 0 aliphatic heterocycles. The summed E-state index contributed by atoms with van der Waals surface area (Å²) in [5.41, 5.74) is 1.80. The first kappa shape index (κ1) is 11.9. The van der Waals surface area contributed by atoms with Gasteiger partial charge in [0.1, 0.15) is 0 Å². The zero-order chi connectivity index (χ0) is 12.3. The fourth-order valence-electron chi connectivity index (χ4n) is 1.73. The van der Waals surface area contributed by atoms with Crippen LogP contribution in [0.3, 0.4) is 0 Å². The molecule has 0 amide bonds. The number of methoxy groups -OCH3 is 1. The van der Waals surface area contributed by atoms with Crippen LogP contribution in [-0.4, -0.2) is 13.1 Å². The van der Waals surface area contributed by atoms with Crippen LogP contribution in [-0.2, 0) is 4.74 Å². The number of rotatable bonds is 3. The normalized spacial score (nSPS) is 12.1. The summed E-state index contributed by atoms with van der Waals surface area (Å²) in [4.78, 5) is 12.6. The van der Waals surface area contributed by atoms with Crippen LogP contribution in [0, 0.1) is 0 Å². The van der Waals surface area contributed by atoms with Gasteiger partial charge in [-0.3, -0.25) is 0 Å². The van der Waals surface area contributed by atoms with Gasteiger partial charge >= 0.3 is 5.97 Å². The predicted molar refractivity (Wildman–Crippen MR) is 69.6 cm³/mol. The van der Waals surface area contributed by atoms with Gasteiger partial charge in [-0.1, -0.05) is 25.1 Å². The molecule has 0 spiro atoms. The molecule has 88 valence electrons. The largest absolute Gasteiger partial charge is 0.465 e. The van der Waals surface area contributed by atoms with Crippen molar-refractivity contribution in [3.63, 3.8) is 0 Å². The Balaban J connectivity index is 2.21. The maximum Gasteiger partial charge on any atom is 0.337 e. The van der Waals surface area contributed by atoms with E-state index in [2.05, 4.69) is 29.2 Å². The highest BCUT2D eigenvalue weighted by molar-refractivity contribution is 7.10. The topological polar surface area (TPSA) is 26.3 Å². The van der Waals surface area contributed by atoms with E-state index in [1.807, 2.05) is 24.3 Å². The van der Waals surface area contributed by atoms with Gasteiger partial charge in [0.25, 0.3) is 0 Å². The van der Waals surface area contributed by atoms with E-state index in [-0.39, 0.29) is 5.97 Å². The second kappa shape index (κ2) is 5.15. The van der Waals surface area contributed by atoms with E-state index in [4.69, 9.17) is 0 Å². The Labute approximate surface area is 105 Å². The fourth-order valence-corrected chi connectivity index (χ4v) is 2.54. The van der Waals surface area contributed by atoms with E-state index in [0.29, 0.717) is 11.5 Å². The van der Waals surface area contributed by atoms with Crippen LogP contribution in [0.4, 0.5) is 0 Å². The minimum absolute atomic E-state index is 0.291. The van der Waals surface area contributed by atoms with Gasteiger partial charge in [0, 0.05) is 10.8 Å². The van der Waals surface area contributed by atoms with Gasteiger partial charge in [-0.05, 0) is 29.1 Å². The monoisotopic (exact) mass is 246 g/mol. The summed E-state index contributed by atoms with van der Waals surface area (Å²) in [6.07, 6.45) is 0. The molecule has 0 saturated heterocycles. The van der Waals surface area contributed by atoms with Crippen LogP contribution in [0.25, 0.3) is 0 Å². The number of hydrogen-bond donors (Lipinski definition) is 0. The van der Waals surface area contributed by atoms with Crippen molar-refractivity contribution in [3.05, 3.63) is 57.8 Å². The van der Waals surface area contributed by atoms with Crippen LogP contribution in [0.1, 0.15) is 33.6 Å². The van der Waals surface area contributed by atoms with Gasteiger partial charge < -0.3 is 4.74 Å². The van der Waals surface area contributed by atoms with E-state index >= 15 is 0 Å². The maximum atomic E-state index is 11.3. The molecule has 3 heteroatoms. The second-order valence-corrected chi connectivity index (χ2v) is 4.83. The summed E-state index contributed by atoms with van der Waals surface area (Å²) in [6.45, 7) is 2.17. The Morgan fingerprint density at radius 1 is 1.24 bits per heavy atom. The number of ether oxygens (including phenoxy) is 1. The molecule has 17 heavy (non-hydrogen) atoms. The highest BCUT2D eigenvalue weighted by atomic mass is 32.1. The third-order valence-electron chi connectivity index (χ3n) is 2.80. The Kier molecular flexibility index (Phi) is 3.59. The molecule has 0 aliphatic carbocycles. The van der Waals surface area contributed by atoms with Crippen molar-refractivity contribution in [1.29, 1.82) is 0 Å². The van der Waals surface area contributed by atoms with E-state index in [9.17, 15) is 4.79 Å². The van der Waals surface area contributed by atoms with Crippen molar-refractivity contribution in [2.24, 2.45) is 0 Å². The summed E-state index contributed by atoms with van der Waals surface area (Å²) in [5, 5.41) is 2.08. The fraction of sp³-hybridized carbons (Fsp3) is 0.214. The zero-order valence-corrected chi connectivity index (χ0v) is 10.7. The molecule has 0 aliphatic rings. The van der Waals surface area contributed by atoms with Crippen molar-refractivity contribution in [3.8, 4) is 0 Å². The molecular weight excluding hydrogens is 232 g/mol. The average molecular weight is 246 g/mol. The van der Waals surface area contributed by atoms with Crippen LogP contribution < -0.4 is 0 Å². The lowest BCUT2D eigenvalue weighted by molar-refractivity contribution is 0.0600. The Bertz CT molecular complexity index is 485. The number of hydrogen-bond acceptors (Lipinski definition) is 3. The lowest BCUT2D eigenvalue weighted by Crippen LogP contribution is -2.01. The van der Waals surface area contributed by atoms with Crippen LogP contribution in [0.15, 0.2) is 41.8 Å². The van der Waals surface area contributed by atoms with Crippen LogP contribution in [0.5, 0.6) is 0 Å². The molecular formula is C14H14O2S. The van der Waals surface area contributed by atoms with E-state index in [1.165, 1.54) is 17.6 Å². The standard InChI is InChI=1S/C14H14O2S/c1-10(13-4-3-9-17-13)11-5-7-12(8-6-11)14(15)16-2/h3-10H,1-2H3. The molecule has 0 bridgehead atoms. The maximum absolute atomic E-state index is 11.3.